The van der Waals surface area contributed by atoms with Crippen molar-refractivity contribution in [3.63, 3.8) is 0 Å². The van der Waals surface area contributed by atoms with Crippen LogP contribution in [0.3, 0.4) is 0 Å². The van der Waals surface area contributed by atoms with Crippen LogP contribution in [0.15, 0.2) is 24.3 Å². The number of hydrogen-bond donors (Lipinski definition) is 1. The van der Waals surface area contributed by atoms with Crippen LogP contribution in [0.1, 0.15) is 48.3 Å². The standard InChI is InChI=1S/C21H29ClN4O2S/c1-13(2)21-23-14(3)20(29-21)15(4)25(5)12-19(28)26(6)11-18(27)24-17-10-8-7-9-16(17)22/h7-10,13,15H,11-12H2,1-6H3,(H,24,27)/t15-/m0/s1. The van der Waals surface area contributed by atoms with E-state index in [1.54, 1.807) is 42.6 Å². The third kappa shape index (κ3) is 6.26. The average molecular weight is 437 g/mol. The van der Waals surface area contributed by atoms with Gasteiger partial charge in [-0.05, 0) is 33.0 Å². The van der Waals surface area contributed by atoms with Crippen LogP contribution in [-0.2, 0) is 9.59 Å². The molecule has 2 amide bonds. The summed E-state index contributed by atoms with van der Waals surface area (Å²) >= 11 is 7.76. The Morgan fingerprint density at radius 1 is 1.17 bits per heavy atom. The quantitative estimate of drug-likeness (QED) is 0.669. The molecule has 2 rings (SSSR count). The van der Waals surface area contributed by atoms with E-state index < -0.39 is 0 Å². The summed E-state index contributed by atoms with van der Waals surface area (Å²) in [6.45, 7) is 8.51. The van der Waals surface area contributed by atoms with Crippen LogP contribution in [0.2, 0.25) is 5.02 Å². The number of likely N-dealkylation sites (N-methyl/N-ethyl adjacent to an activating group) is 2. The van der Waals surface area contributed by atoms with Gasteiger partial charge in [0.15, 0.2) is 0 Å². The molecule has 1 atom stereocenters. The van der Waals surface area contributed by atoms with Crippen LogP contribution >= 0.6 is 22.9 Å². The highest BCUT2D eigenvalue weighted by molar-refractivity contribution is 7.11. The fraction of sp³-hybridized carbons (Fsp3) is 0.476. The van der Waals surface area contributed by atoms with Gasteiger partial charge in [0.1, 0.15) is 0 Å². The number of rotatable bonds is 8. The van der Waals surface area contributed by atoms with E-state index >= 15 is 0 Å². The zero-order valence-corrected chi connectivity index (χ0v) is 19.4. The molecule has 0 spiro atoms. The highest BCUT2D eigenvalue weighted by Crippen LogP contribution is 2.31. The van der Waals surface area contributed by atoms with Crippen LogP contribution in [0.4, 0.5) is 5.69 Å². The number of para-hydroxylation sites is 1. The zero-order chi connectivity index (χ0) is 21.7. The largest absolute Gasteiger partial charge is 0.335 e. The van der Waals surface area contributed by atoms with E-state index in [1.807, 2.05) is 18.9 Å². The lowest BCUT2D eigenvalue weighted by molar-refractivity contribution is -0.134. The van der Waals surface area contributed by atoms with Crippen molar-refractivity contribution >= 4 is 40.4 Å². The van der Waals surface area contributed by atoms with E-state index in [-0.39, 0.29) is 30.9 Å². The number of carbonyl (C=O) groups is 2. The summed E-state index contributed by atoms with van der Waals surface area (Å²) in [5.41, 5.74) is 1.55. The number of amides is 2. The van der Waals surface area contributed by atoms with Crippen LogP contribution in [-0.4, -0.2) is 53.8 Å². The van der Waals surface area contributed by atoms with Gasteiger partial charge in [-0.3, -0.25) is 14.5 Å². The molecule has 0 bridgehead atoms. The van der Waals surface area contributed by atoms with Crippen LogP contribution in [0.5, 0.6) is 0 Å². The number of anilines is 1. The minimum absolute atomic E-state index is 0.0383. The number of aromatic nitrogens is 1. The first-order valence-corrected chi connectivity index (χ1v) is 10.7. The van der Waals surface area contributed by atoms with Gasteiger partial charge in [0, 0.05) is 23.9 Å². The van der Waals surface area contributed by atoms with Gasteiger partial charge in [0.05, 0.1) is 34.5 Å². The van der Waals surface area contributed by atoms with Crippen LogP contribution < -0.4 is 5.32 Å². The van der Waals surface area contributed by atoms with Crippen molar-refractivity contribution in [2.45, 2.75) is 39.7 Å². The number of thiazole rings is 1. The van der Waals surface area contributed by atoms with Gasteiger partial charge in [0.2, 0.25) is 11.8 Å². The second kappa shape index (κ2) is 10.2. The number of aryl methyl sites for hydroxylation is 1. The summed E-state index contributed by atoms with van der Waals surface area (Å²) in [6.07, 6.45) is 0. The maximum atomic E-state index is 12.6. The molecule has 1 N–H and O–H groups in total. The molecule has 0 saturated heterocycles. The zero-order valence-electron chi connectivity index (χ0n) is 17.8. The van der Waals surface area contributed by atoms with Gasteiger partial charge in [0.25, 0.3) is 0 Å². The van der Waals surface area contributed by atoms with Crippen molar-refractivity contribution in [2.24, 2.45) is 0 Å². The Morgan fingerprint density at radius 3 is 2.41 bits per heavy atom. The van der Waals surface area contributed by atoms with Crippen LogP contribution in [0, 0.1) is 6.92 Å². The monoisotopic (exact) mass is 436 g/mol. The van der Waals surface area contributed by atoms with E-state index in [9.17, 15) is 9.59 Å². The number of nitrogens with zero attached hydrogens (tertiary/aromatic N) is 3. The van der Waals surface area contributed by atoms with E-state index in [0.29, 0.717) is 16.6 Å². The minimum atomic E-state index is -0.287. The summed E-state index contributed by atoms with van der Waals surface area (Å²) in [5, 5.41) is 4.30. The predicted octanol–water partition coefficient (Wildman–Crippen LogP) is 4.32. The van der Waals surface area contributed by atoms with Crippen molar-refractivity contribution in [3.8, 4) is 0 Å². The third-order valence-corrected chi connectivity index (χ3v) is 6.68. The summed E-state index contributed by atoms with van der Waals surface area (Å²) < 4.78 is 0. The SMILES string of the molecule is Cc1nc(C(C)C)sc1[C@H](C)N(C)CC(=O)N(C)CC(=O)Nc1ccccc1Cl. The molecule has 0 aliphatic heterocycles. The number of carbonyl (C=O) groups excluding carboxylic acids is 2. The summed E-state index contributed by atoms with van der Waals surface area (Å²) in [6, 6.07) is 7.07. The smallest absolute Gasteiger partial charge is 0.244 e. The van der Waals surface area contributed by atoms with E-state index in [1.165, 1.54) is 9.78 Å². The van der Waals surface area contributed by atoms with Crippen LogP contribution in [0.25, 0.3) is 0 Å². The predicted molar refractivity (Wildman–Crippen MR) is 120 cm³/mol. The number of halogens is 1. The minimum Gasteiger partial charge on any atom is -0.335 e. The molecule has 6 nitrogen and oxygen atoms in total. The third-order valence-electron chi connectivity index (χ3n) is 4.72. The summed E-state index contributed by atoms with van der Waals surface area (Å²) in [5.74, 6) is -0.0289. The Balaban J connectivity index is 1.92. The van der Waals surface area contributed by atoms with Crippen molar-refractivity contribution in [1.29, 1.82) is 0 Å². The Labute approximate surface area is 181 Å². The highest BCUT2D eigenvalue weighted by atomic mass is 35.5. The van der Waals surface area contributed by atoms with Crippen molar-refractivity contribution < 1.29 is 9.59 Å². The Morgan fingerprint density at radius 2 is 1.83 bits per heavy atom. The van der Waals surface area contributed by atoms with E-state index in [0.717, 1.165) is 10.7 Å². The summed E-state index contributed by atoms with van der Waals surface area (Å²) in [4.78, 5) is 34.1. The molecule has 0 radical (unpaired) electrons. The lowest BCUT2D eigenvalue weighted by Gasteiger charge is -2.26. The first-order chi connectivity index (χ1) is 13.6. The number of benzene rings is 1. The topological polar surface area (TPSA) is 65.5 Å². The summed E-state index contributed by atoms with van der Waals surface area (Å²) in [7, 11) is 3.54. The molecule has 2 aromatic rings. The lowest BCUT2D eigenvalue weighted by Crippen LogP contribution is -2.41. The second-order valence-corrected chi connectivity index (χ2v) is 8.99. The van der Waals surface area contributed by atoms with Crippen molar-refractivity contribution in [1.82, 2.24) is 14.8 Å². The van der Waals surface area contributed by atoms with Gasteiger partial charge >= 0.3 is 0 Å². The number of nitrogens with one attached hydrogen (secondary N) is 1. The molecule has 1 aromatic heterocycles. The molecule has 8 heteroatoms. The lowest BCUT2D eigenvalue weighted by atomic mass is 10.2. The van der Waals surface area contributed by atoms with Gasteiger partial charge in [-0.1, -0.05) is 37.6 Å². The molecular weight excluding hydrogens is 408 g/mol. The molecule has 0 aliphatic carbocycles. The fourth-order valence-electron chi connectivity index (χ4n) is 2.79. The van der Waals surface area contributed by atoms with Crippen molar-refractivity contribution in [2.75, 3.05) is 32.5 Å². The van der Waals surface area contributed by atoms with Gasteiger partial charge in [-0.2, -0.15) is 0 Å². The average Bonchev–Trinajstić information content (AvgIpc) is 3.04. The highest BCUT2D eigenvalue weighted by Gasteiger charge is 2.23. The molecule has 29 heavy (non-hydrogen) atoms. The first-order valence-electron chi connectivity index (χ1n) is 9.56. The van der Waals surface area contributed by atoms with E-state index in [4.69, 9.17) is 11.6 Å². The number of hydrogen-bond acceptors (Lipinski definition) is 5. The second-order valence-electron chi connectivity index (χ2n) is 7.53. The molecule has 0 fully saturated rings. The maximum absolute atomic E-state index is 12.6. The molecule has 1 aromatic carbocycles. The Kier molecular flexibility index (Phi) is 8.19. The van der Waals surface area contributed by atoms with Gasteiger partial charge in [-0.25, -0.2) is 4.98 Å². The van der Waals surface area contributed by atoms with Gasteiger partial charge < -0.3 is 10.2 Å². The van der Waals surface area contributed by atoms with Crippen molar-refractivity contribution in [3.05, 3.63) is 44.9 Å². The molecule has 0 aliphatic rings. The normalized spacial score (nSPS) is 12.3. The molecule has 0 unspecified atom stereocenters. The molecule has 1 heterocycles. The molecular formula is C21H29ClN4O2S. The van der Waals surface area contributed by atoms with Gasteiger partial charge in [-0.15, -0.1) is 11.3 Å². The first kappa shape index (κ1) is 23.3. The van der Waals surface area contributed by atoms with E-state index in [2.05, 4.69) is 31.1 Å². The maximum Gasteiger partial charge on any atom is 0.244 e. The Hall–Kier alpha value is -1.96. The fourth-order valence-corrected chi connectivity index (χ4v) is 4.16. The molecule has 0 saturated carbocycles. The molecule has 158 valence electrons. The Bertz CT molecular complexity index is 868.